The van der Waals surface area contributed by atoms with Crippen molar-refractivity contribution in [1.29, 1.82) is 0 Å². The lowest BCUT2D eigenvalue weighted by atomic mass is 9.86. The van der Waals surface area contributed by atoms with Gasteiger partial charge in [-0.1, -0.05) is 48.5 Å². The number of benzene rings is 2. The fraction of sp³-hybridized carbons (Fsp3) is 0.200. The molecule has 1 spiro atoms. The van der Waals surface area contributed by atoms with Crippen molar-refractivity contribution in [3.05, 3.63) is 59.7 Å². The first-order valence-electron chi connectivity index (χ1n) is 6.00. The Hall–Kier alpha value is -1.96. The van der Waals surface area contributed by atoms with E-state index in [4.69, 9.17) is 0 Å². The molecule has 0 unspecified atom stereocenters. The zero-order valence-electron chi connectivity index (χ0n) is 9.43. The van der Waals surface area contributed by atoms with Gasteiger partial charge in [-0.25, -0.2) is 0 Å². The highest BCUT2D eigenvalue weighted by Gasteiger charge is 2.44. The first kappa shape index (κ1) is 9.11. The number of fused-ring (bicyclic) bond motifs is 5. The molecule has 1 aliphatic carbocycles. The molecule has 0 saturated heterocycles. The first-order valence-corrected chi connectivity index (χ1v) is 6.00. The molecule has 4 rings (SSSR count). The molecule has 2 aromatic rings. The third kappa shape index (κ3) is 1.00. The minimum absolute atomic E-state index is 0.187. The van der Waals surface area contributed by atoms with E-state index >= 15 is 0 Å². The van der Waals surface area contributed by atoms with Crippen molar-refractivity contribution in [3.8, 4) is 11.1 Å². The van der Waals surface area contributed by atoms with Gasteiger partial charge in [0.15, 0.2) is 0 Å². The van der Waals surface area contributed by atoms with Gasteiger partial charge in [-0.05, 0) is 22.3 Å². The van der Waals surface area contributed by atoms with E-state index in [0.29, 0.717) is 0 Å². The number of azo groups is 1. The van der Waals surface area contributed by atoms with Crippen molar-refractivity contribution in [2.45, 2.75) is 12.0 Å². The third-order valence-corrected chi connectivity index (χ3v) is 3.85. The van der Waals surface area contributed by atoms with Crippen LogP contribution in [-0.2, 0) is 5.54 Å². The molecule has 0 aromatic heterocycles. The van der Waals surface area contributed by atoms with Crippen molar-refractivity contribution >= 4 is 0 Å². The van der Waals surface area contributed by atoms with Gasteiger partial charge in [0, 0.05) is 6.42 Å². The van der Waals surface area contributed by atoms with Crippen LogP contribution in [0.5, 0.6) is 0 Å². The summed E-state index contributed by atoms with van der Waals surface area (Å²) in [5, 5.41) is 8.82. The predicted molar refractivity (Wildman–Crippen MR) is 67.0 cm³/mol. The van der Waals surface area contributed by atoms with E-state index in [9.17, 15) is 0 Å². The molecule has 2 aliphatic rings. The van der Waals surface area contributed by atoms with Crippen LogP contribution in [0, 0.1) is 0 Å². The molecule has 2 aromatic carbocycles. The van der Waals surface area contributed by atoms with Crippen molar-refractivity contribution in [3.63, 3.8) is 0 Å². The minimum atomic E-state index is -0.187. The summed E-state index contributed by atoms with van der Waals surface area (Å²) in [5.74, 6) is 0. The fourth-order valence-electron chi connectivity index (χ4n) is 3.11. The number of rotatable bonds is 0. The molecule has 0 saturated carbocycles. The maximum absolute atomic E-state index is 4.57. The second-order valence-electron chi connectivity index (χ2n) is 4.67. The van der Waals surface area contributed by atoms with Crippen molar-refractivity contribution in [2.75, 3.05) is 6.54 Å². The van der Waals surface area contributed by atoms with Gasteiger partial charge >= 0.3 is 0 Å². The minimum Gasteiger partial charge on any atom is -0.193 e. The lowest BCUT2D eigenvalue weighted by molar-refractivity contribution is 0.565. The van der Waals surface area contributed by atoms with E-state index in [0.717, 1.165) is 13.0 Å². The van der Waals surface area contributed by atoms with E-state index in [1.807, 2.05) is 0 Å². The Balaban J connectivity index is 2.13. The summed E-state index contributed by atoms with van der Waals surface area (Å²) in [5.41, 5.74) is 5.10. The van der Waals surface area contributed by atoms with Crippen LogP contribution >= 0.6 is 0 Å². The Labute approximate surface area is 100 Å². The van der Waals surface area contributed by atoms with E-state index in [2.05, 4.69) is 58.8 Å². The lowest BCUT2D eigenvalue weighted by Crippen LogP contribution is -2.19. The molecule has 0 bridgehead atoms. The predicted octanol–water partition coefficient (Wildman–Crippen LogP) is 3.77. The van der Waals surface area contributed by atoms with Crippen molar-refractivity contribution in [1.82, 2.24) is 0 Å². The van der Waals surface area contributed by atoms with E-state index < -0.39 is 0 Å². The summed E-state index contributed by atoms with van der Waals surface area (Å²) in [6, 6.07) is 17.2. The lowest BCUT2D eigenvalue weighted by Gasteiger charge is -2.20. The van der Waals surface area contributed by atoms with E-state index in [-0.39, 0.29) is 5.54 Å². The molecule has 17 heavy (non-hydrogen) atoms. The fourth-order valence-corrected chi connectivity index (χ4v) is 3.11. The van der Waals surface area contributed by atoms with Crippen LogP contribution in [-0.4, -0.2) is 6.54 Å². The Morgan fingerprint density at radius 1 is 0.824 bits per heavy atom. The van der Waals surface area contributed by atoms with Crippen LogP contribution in [0.4, 0.5) is 0 Å². The largest absolute Gasteiger partial charge is 0.193 e. The van der Waals surface area contributed by atoms with Gasteiger partial charge in [0.2, 0.25) is 0 Å². The average Bonchev–Trinajstić information content (AvgIpc) is 2.98. The van der Waals surface area contributed by atoms with E-state index in [1.54, 1.807) is 0 Å². The number of hydrogen-bond donors (Lipinski definition) is 0. The normalized spacial score (nSPS) is 18.4. The second-order valence-corrected chi connectivity index (χ2v) is 4.67. The summed E-state index contributed by atoms with van der Waals surface area (Å²) in [7, 11) is 0. The molecular formula is C15H12N2. The Morgan fingerprint density at radius 2 is 1.41 bits per heavy atom. The quantitative estimate of drug-likeness (QED) is 0.645. The number of hydrogen-bond acceptors (Lipinski definition) is 2. The SMILES string of the molecule is c1ccc2c(c1)-c1ccccc1C21CCN=N1. The Morgan fingerprint density at radius 3 is 1.94 bits per heavy atom. The molecule has 82 valence electrons. The van der Waals surface area contributed by atoms with Crippen LogP contribution in [0.3, 0.4) is 0 Å². The average molecular weight is 220 g/mol. The number of nitrogens with zero attached hydrogens (tertiary/aromatic N) is 2. The molecule has 0 atom stereocenters. The van der Waals surface area contributed by atoms with Crippen LogP contribution in [0.25, 0.3) is 11.1 Å². The zero-order chi connectivity index (χ0) is 11.3. The highest BCUT2D eigenvalue weighted by atomic mass is 15.2. The summed E-state index contributed by atoms with van der Waals surface area (Å²) in [6.45, 7) is 0.836. The van der Waals surface area contributed by atoms with Crippen LogP contribution in [0.2, 0.25) is 0 Å². The van der Waals surface area contributed by atoms with Crippen LogP contribution in [0.1, 0.15) is 17.5 Å². The molecule has 1 aliphatic heterocycles. The maximum atomic E-state index is 4.57. The Kier molecular flexibility index (Phi) is 1.63. The molecule has 0 radical (unpaired) electrons. The van der Waals surface area contributed by atoms with Gasteiger partial charge in [0.05, 0.1) is 6.54 Å². The standard InChI is InChI=1S/C15H12N2/c1-3-7-13-11(5-1)12-6-2-4-8-14(12)15(13)9-10-16-17-15/h1-8H,9-10H2. The molecule has 0 N–H and O–H groups in total. The van der Waals surface area contributed by atoms with E-state index in [1.165, 1.54) is 22.3 Å². The topological polar surface area (TPSA) is 24.7 Å². The van der Waals surface area contributed by atoms with Gasteiger partial charge in [-0.3, -0.25) is 0 Å². The zero-order valence-corrected chi connectivity index (χ0v) is 9.43. The smallest absolute Gasteiger partial charge is 0.134 e. The summed E-state index contributed by atoms with van der Waals surface area (Å²) in [4.78, 5) is 0. The van der Waals surface area contributed by atoms with Crippen LogP contribution in [0.15, 0.2) is 58.8 Å². The molecule has 0 amide bonds. The molecule has 1 heterocycles. The van der Waals surface area contributed by atoms with Crippen molar-refractivity contribution in [2.24, 2.45) is 10.2 Å². The highest BCUT2D eigenvalue weighted by molar-refractivity contribution is 5.80. The van der Waals surface area contributed by atoms with Gasteiger partial charge < -0.3 is 0 Å². The van der Waals surface area contributed by atoms with Gasteiger partial charge in [0.1, 0.15) is 5.54 Å². The van der Waals surface area contributed by atoms with Crippen LogP contribution < -0.4 is 0 Å². The van der Waals surface area contributed by atoms with Crippen molar-refractivity contribution < 1.29 is 0 Å². The Bertz CT molecular complexity index is 583. The molecule has 2 heteroatoms. The maximum Gasteiger partial charge on any atom is 0.134 e. The second kappa shape index (κ2) is 3.04. The first-order chi connectivity index (χ1) is 8.42. The highest BCUT2D eigenvalue weighted by Crippen LogP contribution is 2.53. The summed E-state index contributed by atoms with van der Waals surface area (Å²) >= 11 is 0. The summed E-state index contributed by atoms with van der Waals surface area (Å²) in [6.07, 6.45) is 1.00. The van der Waals surface area contributed by atoms with Gasteiger partial charge in [-0.15, -0.1) is 0 Å². The van der Waals surface area contributed by atoms with Gasteiger partial charge in [0.25, 0.3) is 0 Å². The molecule has 0 fully saturated rings. The monoisotopic (exact) mass is 220 g/mol. The molecule has 2 nitrogen and oxygen atoms in total. The molecular weight excluding hydrogens is 208 g/mol. The van der Waals surface area contributed by atoms with Gasteiger partial charge in [-0.2, -0.15) is 10.2 Å². The summed E-state index contributed by atoms with van der Waals surface area (Å²) < 4.78 is 0. The third-order valence-electron chi connectivity index (χ3n) is 3.85.